The number of hydrogen-bond acceptors (Lipinski definition) is 3. The molecule has 1 aliphatic rings. The van der Waals surface area contributed by atoms with Crippen molar-refractivity contribution in [2.75, 3.05) is 11.5 Å². The van der Waals surface area contributed by atoms with E-state index in [1.54, 1.807) is 0 Å². The molecular weight excluding hydrogens is 311 g/mol. The largest absolute Gasteiger partial charge is 0.388 e. The minimum atomic E-state index is -3.01. The minimum Gasteiger partial charge on any atom is -0.388 e. The van der Waals surface area contributed by atoms with Gasteiger partial charge in [0.15, 0.2) is 9.84 Å². The molecule has 17 heavy (non-hydrogen) atoms. The van der Waals surface area contributed by atoms with Crippen LogP contribution in [-0.4, -0.2) is 25.0 Å². The fourth-order valence-electron chi connectivity index (χ4n) is 2.04. The van der Waals surface area contributed by atoms with Gasteiger partial charge in [-0.1, -0.05) is 6.07 Å². The smallest absolute Gasteiger partial charge is 0.150 e. The molecular formula is C11H12BrFO3S. The second-order valence-electron chi connectivity index (χ2n) is 4.28. The standard InChI is InChI=1S/C11H12BrFO3S/c12-9-5-7(1-2-10(9)13)11(14)8-3-4-17(15,16)6-8/h1-2,5,8,11,14H,3-4,6H2. The molecule has 2 rings (SSSR count). The zero-order valence-electron chi connectivity index (χ0n) is 8.94. The molecule has 0 bridgehead atoms. The highest BCUT2D eigenvalue weighted by atomic mass is 79.9. The van der Waals surface area contributed by atoms with Crippen LogP contribution >= 0.6 is 15.9 Å². The zero-order chi connectivity index (χ0) is 12.6. The number of rotatable bonds is 2. The van der Waals surface area contributed by atoms with Gasteiger partial charge in [-0.25, -0.2) is 12.8 Å². The van der Waals surface area contributed by atoms with Crippen LogP contribution in [0.5, 0.6) is 0 Å². The van der Waals surface area contributed by atoms with E-state index in [4.69, 9.17) is 0 Å². The molecule has 1 fully saturated rings. The molecule has 2 atom stereocenters. The Morgan fingerprint density at radius 1 is 1.47 bits per heavy atom. The quantitative estimate of drug-likeness (QED) is 0.906. The lowest BCUT2D eigenvalue weighted by molar-refractivity contribution is 0.121. The van der Waals surface area contributed by atoms with Crippen LogP contribution in [0.25, 0.3) is 0 Å². The molecule has 0 spiro atoms. The van der Waals surface area contributed by atoms with Gasteiger partial charge in [0.05, 0.1) is 22.1 Å². The first-order valence-corrected chi connectivity index (χ1v) is 7.84. The maximum absolute atomic E-state index is 13.0. The Morgan fingerprint density at radius 3 is 2.71 bits per heavy atom. The van der Waals surface area contributed by atoms with E-state index in [0.717, 1.165) is 0 Å². The van der Waals surface area contributed by atoms with Gasteiger partial charge in [-0.2, -0.15) is 0 Å². The second kappa shape index (κ2) is 4.66. The Labute approximate surface area is 108 Å². The number of aliphatic hydroxyl groups is 1. The minimum absolute atomic E-state index is 0.00314. The van der Waals surface area contributed by atoms with Crippen LogP contribution in [0, 0.1) is 11.7 Å². The number of aliphatic hydroxyl groups excluding tert-OH is 1. The number of halogens is 2. The summed E-state index contributed by atoms with van der Waals surface area (Å²) >= 11 is 3.04. The predicted molar refractivity (Wildman–Crippen MR) is 65.8 cm³/mol. The van der Waals surface area contributed by atoms with Gasteiger partial charge in [0.2, 0.25) is 0 Å². The van der Waals surface area contributed by atoms with Gasteiger partial charge in [-0.3, -0.25) is 0 Å². The van der Waals surface area contributed by atoms with Crippen LogP contribution in [0.2, 0.25) is 0 Å². The van der Waals surface area contributed by atoms with Crippen LogP contribution in [0.15, 0.2) is 22.7 Å². The summed E-state index contributed by atoms with van der Waals surface area (Å²) in [6.07, 6.45) is -0.400. The maximum atomic E-state index is 13.0. The van der Waals surface area contributed by atoms with Crippen molar-refractivity contribution in [1.82, 2.24) is 0 Å². The van der Waals surface area contributed by atoms with E-state index < -0.39 is 21.8 Å². The molecule has 94 valence electrons. The van der Waals surface area contributed by atoms with E-state index in [-0.39, 0.29) is 21.9 Å². The van der Waals surface area contributed by atoms with Gasteiger partial charge >= 0.3 is 0 Å². The van der Waals surface area contributed by atoms with Crippen molar-refractivity contribution in [2.45, 2.75) is 12.5 Å². The highest BCUT2D eigenvalue weighted by Gasteiger charge is 2.33. The van der Waals surface area contributed by atoms with Crippen LogP contribution in [0.4, 0.5) is 4.39 Å². The summed E-state index contributed by atoms with van der Waals surface area (Å²) < 4.78 is 35.9. The van der Waals surface area contributed by atoms with Gasteiger partial charge in [0.25, 0.3) is 0 Å². The van der Waals surface area contributed by atoms with E-state index in [1.807, 2.05) is 0 Å². The summed E-state index contributed by atoms with van der Waals surface area (Å²) in [6, 6.07) is 4.23. The number of benzene rings is 1. The van der Waals surface area contributed by atoms with E-state index in [9.17, 15) is 17.9 Å². The summed E-state index contributed by atoms with van der Waals surface area (Å²) in [5.74, 6) is -0.572. The lowest BCUT2D eigenvalue weighted by Crippen LogP contribution is -2.14. The zero-order valence-corrected chi connectivity index (χ0v) is 11.3. The Kier molecular flexibility index (Phi) is 3.56. The summed E-state index contributed by atoms with van der Waals surface area (Å²) in [7, 11) is -3.01. The topological polar surface area (TPSA) is 54.4 Å². The Morgan fingerprint density at radius 2 is 2.18 bits per heavy atom. The first kappa shape index (κ1) is 13.0. The number of hydrogen-bond donors (Lipinski definition) is 1. The van der Waals surface area contributed by atoms with Crippen molar-refractivity contribution in [3.63, 3.8) is 0 Å². The monoisotopic (exact) mass is 322 g/mol. The van der Waals surface area contributed by atoms with Crippen molar-refractivity contribution >= 4 is 25.8 Å². The molecule has 0 amide bonds. The van der Waals surface area contributed by atoms with Crippen molar-refractivity contribution in [3.8, 4) is 0 Å². The van der Waals surface area contributed by atoms with Crippen molar-refractivity contribution < 1.29 is 17.9 Å². The van der Waals surface area contributed by atoms with E-state index >= 15 is 0 Å². The van der Waals surface area contributed by atoms with Crippen molar-refractivity contribution in [1.29, 1.82) is 0 Å². The SMILES string of the molecule is O=S1(=O)CCC(C(O)c2ccc(F)c(Br)c2)C1. The third-order valence-electron chi connectivity index (χ3n) is 3.00. The van der Waals surface area contributed by atoms with Crippen LogP contribution < -0.4 is 0 Å². The Balaban J connectivity index is 2.20. The molecule has 1 aromatic carbocycles. The third kappa shape index (κ3) is 2.86. The summed E-state index contributed by atoms with van der Waals surface area (Å²) in [6.45, 7) is 0. The van der Waals surface area contributed by atoms with Crippen molar-refractivity contribution in [2.24, 2.45) is 5.92 Å². The van der Waals surface area contributed by atoms with Gasteiger partial charge < -0.3 is 5.11 Å². The molecule has 6 heteroatoms. The van der Waals surface area contributed by atoms with Crippen LogP contribution in [0.1, 0.15) is 18.1 Å². The average Bonchev–Trinajstić information content (AvgIpc) is 2.62. The van der Waals surface area contributed by atoms with Crippen LogP contribution in [0.3, 0.4) is 0 Å². The average molecular weight is 323 g/mol. The first-order chi connectivity index (χ1) is 7.89. The normalized spacial score (nSPS) is 24.8. The van der Waals surface area contributed by atoms with E-state index in [0.29, 0.717) is 12.0 Å². The molecule has 1 saturated heterocycles. The fourth-order valence-corrected chi connectivity index (χ4v) is 4.27. The molecule has 1 heterocycles. The van der Waals surface area contributed by atoms with Crippen molar-refractivity contribution in [3.05, 3.63) is 34.1 Å². The highest BCUT2D eigenvalue weighted by Crippen LogP contribution is 2.32. The molecule has 2 unspecified atom stereocenters. The van der Waals surface area contributed by atoms with E-state index in [1.165, 1.54) is 18.2 Å². The lowest BCUT2D eigenvalue weighted by atomic mass is 9.95. The van der Waals surface area contributed by atoms with Gasteiger partial charge in [-0.15, -0.1) is 0 Å². The molecule has 1 N–H and O–H groups in total. The van der Waals surface area contributed by atoms with Gasteiger partial charge in [0, 0.05) is 5.92 Å². The molecule has 0 radical (unpaired) electrons. The third-order valence-corrected chi connectivity index (χ3v) is 5.40. The molecule has 0 aromatic heterocycles. The van der Waals surface area contributed by atoms with E-state index in [2.05, 4.69) is 15.9 Å². The Hall–Kier alpha value is -0.460. The summed E-state index contributed by atoms with van der Waals surface area (Å²) in [5, 5.41) is 10.1. The fraction of sp³-hybridized carbons (Fsp3) is 0.455. The predicted octanol–water partition coefficient (Wildman–Crippen LogP) is 2.06. The van der Waals surface area contributed by atoms with Gasteiger partial charge in [0.1, 0.15) is 5.82 Å². The number of sulfone groups is 1. The summed E-state index contributed by atoms with van der Waals surface area (Å²) in [5.41, 5.74) is 0.542. The maximum Gasteiger partial charge on any atom is 0.150 e. The lowest BCUT2D eigenvalue weighted by Gasteiger charge is -2.17. The molecule has 0 saturated carbocycles. The first-order valence-electron chi connectivity index (χ1n) is 5.22. The molecule has 0 aliphatic carbocycles. The Bertz CT molecular complexity index is 530. The second-order valence-corrected chi connectivity index (χ2v) is 7.36. The molecule has 1 aliphatic heterocycles. The highest BCUT2D eigenvalue weighted by molar-refractivity contribution is 9.10. The summed E-state index contributed by atoms with van der Waals surface area (Å²) in [4.78, 5) is 0. The van der Waals surface area contributed by atoms with Gasteiger partial charge in [-0.05, 0) is 40.0 Å². The molecule has 3 nitrogen and oxygen atoms in total. The van der Waals surface area contributed by atoms with Crippen LogP contribution in [-0.2, 0) is 9.84 Å². The molecule has 1 aromatic rings.